The van der Waals surface area contributed by atoms with Gasteiger partial charge in [-0.15, -0.1) is 0 Å². The van der Waals surface area contributed by atoms with Crippen LogP contribution in [-0.2, 0) is 11.8 Å². The van der Waals surface area contributed by atoms with Crippen LogP contribution in [0.3, 0.4) is 0 Å². The van der Waals surface area contributed by atoms with Gasteiger partial charge in [0.1, 0.15) is 11.2 Å². The predicted molar refractivity (Wildman–Crippen MR) is 97.1 cm³/mol. The number of ether oxygens (including phenoxy) is 1. The number of hydrogen-bond acceptors (Lipinski definition) is 4. The highest BCUT2D eigenvalue weighted by Crippen LogP contribution is 2.35. The zero-order valence-corrected chi connectivity index (χ0v) is 15.7. The molecule has 1 atom stereocenters. The number of aryl methyl sites for hydroxylation is 1. The molecule has 7 heteroatoms. The van der Waals surface area contributed by atoms with Crippen LogP contribution in [0.25, 0.3) is 0 Å². The molecular formula is C19H27N3O4. The molecule has 0 bridgehead atoms. The van der Waals surface area contributed by atoms with Crippen LogP contribution in [0.1, 0.15) is 49.9 Å². The van der Waals surface area contributed by atoms with Gasteiger partial charge in [-0.1, -0.05) is 13.3 Å². The van der Waals surface area contributed by atoms with Crippen molar-refractivity contribution in [2.45, 2.75) is 51.2 Å². The van der Waals surface area contributed by atoms with E-state index in [0.29, 0.717) is 32.5 Å². The van der Waals surface area contributed by atoms with Crippen LogP contribution < -0.4 is 5.56 Å². The summed E-state index contributed by atoms with van der Waals surface area (Å²) in [5, 5.41) is 0. The summed E-state index contributed by atoms with van der Waals surface area (Å²) in [5.74, 6) is -0.249. The van der Waals surface area contributed by atoms with E-state index in [1.807, 2.05) is 11.8 Å². The highest BCUT2D eigenvalue weighted by Gasteiger charge is 2.48. The average Bonchev–Trinajstić information content (AvgIpc) is 2.94. The van der Waals surface area contributed by atoms with Gasteiger partial charge in [-0.25, -0.2) is 4.79 Å². The maximum absolute atomic E-state index is 12.7. The Morgan fingerprint density at radius 3 is 2.65 bits per heavy atom. The molecule has 2 saturated heterocycles. The fourth-order valence-corrected chi connectivity index (χ4v) is 3.87. The minimum Gasteiger partial charge on any atom is -0.441 e. The number of aromatic nitrogens is 1. The summed E-state index contributed by atoms with van der Waals surface area (Å²) in [5.41, 5.74) is -0.602. The van der Waals surface area contributed by atoms with Gasteiger partial charge >= 0.3 is 6.09 Å². The van der Waals surface area contributed by atoms with Crippen molar-refractivity contribution in [3.63, 3.8) is 0 Å². The average molecular weight is 361 g/mol. The Morgan fingerprint density at radius 2 is 2.00 bits per heavy atom. The Kier molecular flexibility index (Phi) is 5.07. The Labute approximate surface area is 153 Å². The summed E-state index contributed by atoms with van der Waals surface area (Å²) in [4.78, 5) is 40.6. The van der Waals surface area contributed by atoms with Crippen LogP contribution in [0.15, 0.2) is 23.1 Å². The van der Waals surface area contributed by atoms with Gasteiger partial charge < -0.3 is 19.1 Å². The standard InChI is InChI=1S/C19H27N3O4/c1-4-6-14(2)22-13-19(26-18(22)25)8-11-21(12-9-19)17(24)15-7-5-10-20(3)16(15)23/h5,7,10,14H,4,6,8-9,11-13H2,1-3H3. The fourth-order valence-electron chi connectivity index (χ4n) is 3.87. The van der Waals surface area contributed by atoms with Crippen LogP contribution in [0.5, 0.6) is 0 Å². The van der Waals surface area contributed by atoms with E-state index in [-0.39, 0.29) is 29.2 Å². The molecule has 0 saturated carbocycles. The lowest BCUT2D eigenvalue weighted by Crippen LogP contribution is -2.50. The Hall–Kier alpha value is -2.31. The molecule has 142 valence electrons. The molecule has 0 aliphatic carbocycles. The molecule has 2 aliphatic rings. The molecule has 0 N–H and O–H groups in total. The quantitative estimate of drug-likeness (QED) is 0.822. The van der Waals surface area contributed by atoms with Crippen molar-refractivity contribution in [1.82, 2.24) is 14.4 Å². The molecule has 1 aromatic heterocycles. The van der Waals surface area contributed by atoms with Crippen LogP contribution in [-0.4, -0.2) is 57.6 Å². The first kappa shape index (κ1) is 18.5. The lowest BCUT2D eigenvalue weighted by atomic mass is 9.90. The molecule has 2 fully saturated rings. The number of rotatable bonds is 4. The molecule has 0 radical (unpaired) electrons. The van der Waals surface area contributed by atoms with Crippen molar-refractivity contribution < 1.29 is 14.3 Å². The maximum Gasteiger partial charge on any atom is 0.410 e. The first-order valence-corrected chi connectivity index (χ1v) is 9.31. The Morgan fingerprint density at radius 1 is 1.31 bits per heavy atom. The number of carbonyl (C=O) groups excluding carboxylic acids is 2. The molecule has 1 unspecified atom stereocenters. The largest absolute Gasteiger partial charge is 0.441 e. The second-order valence-electron chi connectivity index (χ2n) is 7.45. The van der Waals surface area contributed by atoms with E-state index in [2.05, 4.69) is 6.92 Å². The Bertz CT molecular complexity index is 749. The summed E-state index contributed by atoms with van der Waals surface area (Å²) in [6, 6.07) is 3.43. The normalized spacial score (nSPS) is 20.3. The molecular weight excluding hydrogens is 334 g/mol. The van der Waals surface area contributed by atoms with Crippen LogP contribution in [0, 0.1) is 0 Å². The van der Waals surface area contributed by atoms with E-state index in [4.69, 9.17) is 4.74 Å². The highest BCUT2D eigenvalue weighted by atomic mass is 16.6. The van der Waals surface area contributed by atoms with E-state index in [0.717, 1.165) is 12.8 Å². The highest BCUT2D eigenvalue weighted by molar-refractivity contribution is 5.93. The smallest absolute Gasteiger partial charge is 0.410 e. The van der Waals surface area contributed by atoms with Gasteiger partial charge in [0, 0.05) is 45.2 Å². The lowest BCUT2D eigenvalue weighted by molar-refractivity contribution is 0.00300. The van der Waals surface area contributed by atoms with Gasteiger partial charge in [0.05, 0.1) is 6.54 Å². The second-order valence-corrected chi connectivity index (χ2v) is 7.45. The molecule has 1 spiro atoms. The predicted octanol–water partition coefficient (Wildman–Crippen LogP) is 2.00. The van der Waals surface area contributed by atoms with Crippen LogP contribution in [0.2, 0.25) is 0 Å². The minimum absolute atomic E-state index is 0.166. The summed E-state index contributed by atoms with van der Waals surface area (Å²) in [6.07, 6.45) is 4.57. The zero-order chi connectivity index (χ0) is 18.9. The topological polar surface area (TPSA) is 71.8 Å². The van der Waals surface area contributed by atoms with Gasteiger partial charge in [0.15, 0.2) is 0 Å². The number of pyridine rings is 1. The van der Waals surface area contributed by atoms with Crippen molar-refractivity contribution >= 4 is 12.0 Å². The molecule has 0 aromatic carbocycles. The fraction of sp³-hybridized carbons (Fsp3) is 0.632. The van der Waals surface area contributed by atoms with Gasteiger partial charge in [-0.05, 0) is 25.5 Å². The minimum atomic E-state index is -0.502. The van der Waals surface area contributed by atoms with Crippen molar-refractivity contribution in [3.05, 3.63) is 34.2 Å². The van der Waals surface area contributed by atoms with Crippen molar-refractivity contribution in [3.8, 4) is 0 Å². The third kappa shape index (κ3) is 3.34. The van der Waals surface area contributed by atoms with Gasteiger partial charge in [-0.3, -0.25) is 9.59 Å². The molecule has 3 heterocycles. The summed E-state index contributed by atoms with van der Waals surface area (Å²) >= 11 is 0. The van der Waals surface area contributed by atoms with E-state index in [1.54, 1.807) is 30.3 Å². The van der Waals surface area contributed by atoms with E-state index in [1.165, 1.54) is 4.57 Å². The molecule has 2 amide bonds. The molecule has 2 aliphatic heterocycles. The van der Waals surface area contributed by atoms with E-state index >= 15 is 0 Å². The SMILES string of the molecule is CCCC(C)N1CC2(CCN(C(=O)c3cccn(C)c3=O)CC2)OC1=O. The van der Waals surface area contributed by atoms with Gasteiger partial charge in [0.2, 0.25) is 0 Å². The number of amides is 2. The third-order valence-corrected chi connectivity index (χ3v) is 5.55. The zero-order valence-electron chi connectivity index (χ0n) is 15.7. The third-order valence-electron chi connectivity index (χ3n) is 5.55. The molecule has 26 heavy (non-hydrogen) atoms. The molecule has 1 aromatic rings. The van der Waals surface area contributed by atoms with E-state index < -0.39 is 5.60 Å². The summed E-state index contributed by atoms with van der Waals surface area (Å²) < 4.78 is 7.14. The number of piperidine rings is 1. The maximum atomic E-state index is 12.7. The first-order valence-electron chi connectivity index (χ1n) is 9.31. The van der Waals surface area contributed by atoms with Crippen LogP contribution >= 0.6 is 0 Å². The number of likely N-dealkylation sites (tertiary alicyclic amines) is 1. The number of nitrogens with zero attached hydrogens (tertiary/aromatic N) is 3. The van der Waals surface area contributed by atoms with Crippen LogP contribution in [0.4, 0.5) is 4.79 Å². The molecule has 3 rings (SSSR count). The lowest BCUT2D eigenvalue weighted by Gasteiger charge is -2.37. The number of hydrogen-bond donors (Lipinski definition) is 0. The monoisotopic (exact) mass is 361 g/mol. The van der Waals surface area contributed by atoms with Gasteiger partial charge in [0.25, 0.3) is 11.5 Å². The van der Waals surface area contributed by atoms with Crippen molar-refractivity contribution in [1.29, 1.82) is 0 Å². The van der Waals surface area contributed by atoms with Gasteiger partial charge in [-0.2, -0.15) is 0 Å². The van der Waals surface area contributed by atoms with Crippen molar-refractivity contribution in [2.75, 3.05) is 19.6 Å². The first-order chi connectivity index (χ1) is 12.4. The van der Waals surface area contributed by atoms with E-state index in [9.17, 15) is 14.4 Å². The summed E-state index contributed by atoms with van der Waals surface area (Å²) in [7, 11) is 1.63. The van der Waals surface area contributed by atoms with Crippen molar-refractivity contribution in [2.24, 2.45) is 7.05 Å². The second kappa shape index (κ2) is 7.13. The Balaban J connectivity index is 1.66. The number of carbonyl (C=O) groups is 2. The molecule has 7 nitrogen and oxygen atoms in total. The summed E-state index contributed by atoms with van der Waals surface area (Å²) in [6.45, 7) is 5.71.